The van der Waals surface area contributed by atoms with Gasteiger partial charge in [-0.15, -0.1) is 0 Å². The van der Waals surface area contributed by atoms with Crippen molar-refractivity contribution < 1.29 is 34.2 Å². The summed E-state index contributed by atoms with van der Waals surface area (Å²) in [5.74, 6) is 1.91. The monoisotopic (exact) mass is 543 g/mol. The van der Waals surface area contributed by atoms with Crippen LogP contribution in [-0.2, 0) is 24.0 Å². The topological polar surface area (TPSA) is 214 Å². The molecule has 9 N–H and O–H groups in total. The molecule has 2 atom stereocenters. The largest absolute Gasteiger partial charge is 0.481 e. The molecule has 3 amide bonds. The molecule has 2 unspecified atom stereocenters. The van der Waals surface area contributed by atoms with Crippen LogP contribution in [-0.4, -0.2) is 58.5 Å². The van der Waals surface area contributed by atoms with Crippen molar-refractivity contribution in [3.05, 3.63) is 0 Å². The minimum absolute atomic E-state index is 0.245. The summed E-state index contributed by atoms with van der Waals surface area (Å²) < 4.78 is 0. The number of hydrazine groups is 1. The van der Waals surface area contributed by atoms with E-state index >= 15 is 0 Å². The molecule has 0 saturated heterocycles. The van der Waals surface area contributed by atoms with Crippen molar-refractivity contribution in [2.45, 2.75) is 128 Å². The van der Waals surface area contributed by atoms with Gasteiger partial charge in [-0.3, -0.25) is 29.8 Å². The summed E-state index contributed by atoms with van der Waals surface area (Å²) in [4.78, 5) is 57.3. The number of carbonyl (C=O) groups is 5. The van der Waals surface area contributed by atoms with Crippen LogP contribution >= 0.6 is 0 Å². The Labute approximate surface area is 226 Å². The summed E-state index contributed by atoms with van der Waals surface area (Å²) in [7, 11) is 0. The number of unbranched alkanes of at least 4 members (excludes halogenated alkanes) is 12. The van der Waals surface area contributed by atoms with Crippen LogP contribution in [0.1, 0.15) is 116 Å². The van der Waals surface area contributed by atoms with Gasteiger partial charge in [0.15, 0.2) is 0 Å². The first-order valence-electron chi connectivity index (χ1n) is 13.9. The average Bonchev–Trinajstić information content (AvgIpc) is 2.85. The summed E-state index contributed by atoms with van der Waals surface area (Å²) in [6, 6.07) is -1.91. The number of nitrogens with two attached hydrogens (primary N) is 2. The standard InChI is InChI=1S/C26H49N5O7/c27-25(36)21(19-23(33)29-18-14-13-15-20(31-28)26(37)38)30-22(32)16-11-9-7-5-3-1-2-4-6-8-10-12-17-24(34)35/h20-21,31H,1-19,28H2,(H2,27,36)(H,29,33)(H,30,32)(H,34,35)(H,37,38). The summed E-state index contributed by atoms with van der Waals surface area (Å²) in [5, 5.41) is 22.7. The lowest BCUT2D eigenvalue weighted by molar-refractivity contribution is -0.140. The van der Waals surface area contributed by atoms with Crippen LogP contribution in [0.25, 0.3) is 0 Å². The van der Waals surface area contributed by atoms with E-state index in [4.69, 9.17) is 21.8 Å². The number of hydrogen-bond donors (Lipinski definition) is 7. The molecule has 0 bridgehead atoms. The lowest BCUT2D eigenvalue weighted by atomic mass is 10.0. The Morgan fingerprint density at radius 3 is 1.58 bits per heavy atom. The Kier molecular flexibility index (Phi) is 21.7. The third-order valence-electron chi connectivity index (χ3n) is 6.35. The summed E-state index contributed by atoms with van der Waals surface area (Å²) in [6.07, 6.45) is 14.2. The van der Waals surface area contributed by atoms with Crippen molar-refractivity contribution in [1.82, 2.24) is 16.1 Å². The van der Waals surface area contributed by atoms with Gasteiger partial charge in [-0.1, -0.05) is 64.2 Å². The molecule has 0 aliphatic carbocycles. The van der Waals surface area contributed by atoms with Crippen LogP contribution in [0.2, 0.25) is 0 Å². The maximum Gasteiger partial charge on any atom is 0.322 e. The first kappa shape index (κ1) is 35.3. The predicted molar refractivity (Wildman–Crippen MR) is 144 cm³/mol. The van der Waals surface area contributed by atoms with Gasteiger partial charge < -0.3 is 26.6 Å². The highest BCUT2D eigenvalue weighted by Gasteiger charge is 2.21. The lowest BCUT2D eigenvalue weighted by Gasteiger charge is -2.15. The normalized spacial score (nSPS) is 12.4. The first-order chi connectivity index (χ1) is 18.2. The number of amides is 3. The van der Waals surface area contributed by atoms with Gasteiger partial charge in [-0.2, -0.15) is 0 Å². The molecule has 0 aliphatic heterocycles. The second kappa shape index (κ2) is 23.4. The van der Waals surface area contributed by atoms with E-state index < -0.39 is 35.8 Å². The van der Waals surface area contributed by atoms with E-state index in [2.05, 4.69) is 16.1 Å². The van der Waals surface area contributed by atoms with Crippen LogP contribution in [0.5, 0.6) is 0 Å². The second-order valence-corrected chi connectivity index (χ2v) is 9.77. The molecule has 0 fully saturated rings. The molecular weight excluding hydrogens is 494 g/mol. The molecule has 38 heavy (non-hydrogen) atoms. The Bertz CT molecular complexity index is 705. The Morgan fingerprint density at radius 1 is 0.632 bits per heavy atom. The molecule has 12 heteroatoms. The molecule has 0 aromatic carbocycles. The van der Waals surface area contributed by atoms with Crippen molar-refractivity contribution in [1.29, 1.82) is 0 Å². The molecule has 12 nitrogen and oxygen atoms in total. The van der Waals surface area contributed by atoms with E-state index in [-0.39, 0.29) is 25.2 Å². The number of aliphatic carboxylic acids is 2. The molecule has 0 spiro atoms. The van der Waals surface area contributed by atoms with Crippen molar-refractivity contribution in [3.63, 3.8) is 0 Å². The zero-order chi connectivity index (χ0) is 28.6. The average molecular weight is 544 g/mol. The highest BCUT2D eigenvalue weighted by Crippen LogP contribution is 2.13. The molecule has 220 valence electrons. The van der Waals surface area contributed by atoms with E-state index in [1.54, 1.807) is 0 Å². The molecule has 0 radical (unpaired) electrons. The number of carboxylic acid groups (broad SMARTS) is 2. The molecule has 0 aromatic heterocycles. The van der Waals surface area contributed by atoms with E-state index in [1.807, 2.05) is 0 Å². The van der Waals surface area contributed by atoms with Crippen LogP contribution in [0.3, 0.4) is 0 Å². The van der Waals surface area contributed by atoms with E-state index in [0.717, 1.165) is 51.4 Å². The maximum absolute atomic E-state index is 12.2. The molecule has 0 aromatic rings. The van der Waals surface area contributed by atoms with Gasteiger partial charge in [0.25, 0.3) is 0 Å². The van der Waals surface area contributed by atoms with Crippen molar-refractivity contribution in [3.8, 4) is 0 Å². The molecule has 0 aliphatic rings. The zero-order valence-corrected chi connectivity index (χ0v) is 22.7. The van der Waals surface area contributed by atoms with E-state index in [9.17, 15) is 24.0 Å². The zero-order valence-electron chi connectivity index (χ0n) is 22.7. The Hall–Kier alpha value is -2.73. The van der Waals surface area contributed by atoms with Gasteiger partial charge >= 0.3 is 11.9 Å². The summed E-state index contributed by atoms with van der Waals surface area (Å²) >= 11 is 0. The number of primary amides is 1. The number of carboxylic acids is 2. The fraction of sp³-hybridized carbons (Fsp3) is 0.808. The van der Waals surface area contributed by atoms with Crippen molar-refractivity contribution in [2.75, 3.05) is 6.54 Å². The summed E-state index contributed by atoms with van der Waals surface area (Å²) in [6.45, 7) is 0.309. The van der Waals surface area contributed by atoms with Gasteiger partial charge in [0.1, 0.15) is 12.1 Å². The SMILES string of the molecule is NNC(CCCCNC(=O)CC(NC(=O)CCCCCCCCCCCCCCC(=O)O)C(N)=O)C(=O)O. The third-order valence-corrected chi connectivity index (χ3v) is 6.35. The highest BCUT2D eigenvalue weighted by atomic mass is 16.4. The maximum atomic E-state index is 12.2. The molecule has 0 saturated carbocycles. The van der Waals surface area contributed by atoms with E-state index in [0.29, 0.717) is 32.2 Å². The predicted octanol–water partition coefficient (Wildman–Crippen LogP) is 2.10. The van der Waals surface area contributed by atoms with Gasteiger partial charge in [-0.25, -0.2) is 5.43 Å². The quantitative estimate of drug-likeness (QED) is 0.0482. The fourth-order valence-electron chi connectivity index (χ4n) is 4.06. The number of carbonyl (C=O) groups excluding carboxylic acids is 3. The van der Waals surface area contributed by atoms with Gasteiger partial charge in [-0.05, 0) is 32.1 Å². The van der Waals surface area contributed by atoms with Crippen LogP contribution in [0.15, 0.2) is 0 Å². The number of nitrogens with one attached hydrogen (secondary N) is 3. The van der Waals surface area contributed by atoms with Crippen molar-refractivity contribution >= 4 is 29.7 Å². The smallest absolute Gasteiger partial charge is 0.322 e. The molecular formula is C26H49N5O7. The minimum Gasteiger partial charge on any atom is -0.481 e. The highest BCUT2D eigenvalue weighted by molar-refractivity contribution is 5.91. The van der Waals surface area contributed by atoms with Gasteiger partial charge in [0.2, 0.25) is 17.7 Å². The second-order valence-electron chi connectivity index (χ2n) is 9.77. The molecule has 0 rings (SSSR count). The Balaban J connectivity index is 3.80. The van der Waals surface area contributed by atoms with Crippen LogP contribution < -0.4 is 27.6 Å². The first-order valence-corrected chi connectivity index (χ1v) is 13.9. The minimum atomic E-state index is -1.07. The third kappa shape index (κ3) is 21.4. The lowest BCUT2D eigenvalue weighted by Crippen LogP contribution is -2.47. The van der Waals surface area contributed by atoms with E-state index in [1.165, 1.54) is 19.3 Å². The van der Waals surface area contributed by atoms with Crippen molar-refractivity contribution in [2.24, 2.45) is 11.6 Å². The van der Waals surface area contributed by atoms with Crippen LogP contribution in [0, 0.1) is 0 Å². The Morgan fingerprint density at radius 2 is 1.13 bits per heavy atom. The molecule has 0 heterocycles. The number of rotatable bonds is 26. The van der Waals surface area contributed by atoms with Crippen LogP contribution in [0.4, 0.5) is 0 Å². The van der Waals surface area contributed by atoms with Gasteiger partial charge in [0.05, 0.1) is 6.42 Å². The fourth-order valence-corrected chi connectivity index (χ4v) is 4.06. The number of hydrogen-bond acceptors (Lipinski definition) is 7. The summed E-state index contributed by atoms with van der Waals surface area (Å²) in [5.41, 5.74) is 7.55. The van der Waals surface area contributed by atoms with Gasteiger partial charge in [0, 0.05) is 19.4 Å².